The molecule has 0 radical (unpaired) electrons. The summed E-state index contributed by atoms with van der Waals surface area (Å²) in [6.07, 6.45) is 2.14. The number of hydrogen-bond donors (Lipinski definition) is 1. The Hall–Kier alpha value is -3.02. The second-order valence-electron chi connectivity index (χ2n) is 6.98. The van der Waals surface area contributed by atoms with Crippen LogP contribution in [0.25, 0.3) is 0 Å². The van der Waals surface area contributed by atoms with Gasteiger partial charge >= 0.3 is 5.97 Å². The minimum atomic E-state index is -0.931. The molecule has 0 aliphatic carbocycles. The Labute approximate surface area is 164 Å². The number of nitrogens with zero attached hydrogens (tertiary/aromatic N) is 1. The van der Waals surface area contributed by atoms with E-state index in [9.17, 15) is 14.7 Å². The van der Waals surface area contributed by atoms with Gasteiger partial charge in [-0.15, -0.1) is 0 Å². The summed E-state index contributed by atoms with van der Waals surface area (Å²) in [4.78, 5) is 25.9. The number of carboxylic acid groups (broad SMARTS) is 1. The lowest BCUT2D eigenvalue weighted by Crippen LogP contribution is -2.40. The maximum Gasteiger partial charge on any atom is 0.335 e. The van der Waals surface area contributed by atoms with Gasteiger partial charge in [-0.3, -0.25) is 4.79 Å². The molecule has 3 rings (SSSR count). The maximum absolute atomic E-state index is 12.8. The molecule has 1 aliphatic rings. The molecule has 6 heteroatoms. The molecule has 0 bridgehead atoms. The summed E-state index contributed by atoms with van der Waals surface area (Å²) in [7, 11) is 3.15. The van der Waals surface area contributed by atoms with Gasteiger partial charge in [0.1, 0.15) is 0 Å². The molecule has 148 valence electrons. The first kappa shape index (κ1) is 19.7. The maximum atomic E-state index is 12.8. The average molecular weight is 383 g/mol. The fourth-order valence-electron chi connectivity index (χ4n) is 3.68. The van der Waals surface area contributed by atoms with E-state index in [0.29, 0.717) is 24.5 Å². The van der Waals surface area contributed by atoms with Gasteiger partial charge in [0.2, 0.25) is 5.91 Å². The van der Waals surface area contributed by atoms with Crippen LogP contribution >= 0.6 is 0 Å². The van der Waals surface area contributed by atoms with Gasteiger partial charge in [0.25, 0.3) is 0 Å². The van der Waals surface area contributed by atoms with Gasteiger partial charge in [-0.05, 0) is 48.2 Å². The molecular weight excluding hydrogens is 358 g/mol. The van der Waals surface area contributed by atoms with Gasteiger partial charge in [-0.1, -0.05) is 18.2 Å². The van der Waals surface area contributed by atoms with Gasteiger partial charge < -0.3 is 19.5 Å². The number of benzene rings is 2. The summed E-state index contributed by atoms with van der Waals surface area (Å²) in [6, 6.07) is 12.5. The molecule has 1 atom stereocenters. The second kappa shape index (κ2) is 8.78. The number of carbonyl (C=O) groups excluding carboxylic acids is 1. The Bertz CT molecular complexity index is 864. The molecule has 1 amide bonds. The summed E-state index contributed by atoms with van der Waals surface area (Å²) < 4.78 is 10.6. The highest BCUT2D eigenvalue weighted by atomic mass is 16.5. The van der Waals surface area contributed by atoms with Crippen LogP contribution in [0.3, 0.4) is 0 Å². The van der Waals surface area contributed by atoms with E-state index in [4.69, 9.17) is 9.47 Å². The number of amides is 1. The average Bonchev–Trinajstić information content (AvgIpc) is 2.73. The Balaban J connectivity index is 1.69. The van der Waals surface area contributed by atoms with Gasteiger partial charge in [0.15, 0.2) is 11.5 Å². The lowest BCUT2D eigenvalue weighted by Gasteiger charge is -2.33. The van der Waals surface area contributed by atoms with Gasteiger partial charge in [0, 0.05) is 19.0 Å². The first-order valence-corrected chi connectivity index (χ1v) is 9.33. The van der Waals surface area contributed by atoms with E-state index in [1.165, 1.54) is 0 Å². The highest BCUT2D eigenvalue weighted by molar-refractivity contribution is 5.87. The largest absolute Gasteiger partial charge is 0.493 e. The van der Waals surface area contributed by atoms with Crippen molar-refractivity contribution < 1.29 is 24.2 Å². The van der Waals surface area contributed by atoms with Crippen molar-refractivity contribution in [3.05, 3.63) is 59.2 Å². The number of piperidine rings is 1. The number of carboxylic acids is 1. The van der Waals surface area contributed by atoms with E-state index in [0.717, 1.165) is 30.5 Å². The van der Waals surface area contributed by atoms with Crippen molar-refractivity contribution in [1.82, 2.24) is 4.90 Å². The molecule has 1 unspecified atom stereocenters. The van der Waals surface area contributed by atoms with E-state index in [1.807, 2.05) is 23.1 Å². The molecule has 2 aromatic rings. The lowest BCUT2D eigenvalue weighted by molar-refractivity contribution is -0.131. The molecule has 1 fully saturated rings. The molecule has 1 aliphatic heterocycles. The summed E-state index contributed by atoms with van der Waals surface area (Å²) in [5.74, 6) is 0.526. The molecule has 28 heavy (non-hydrogen) atoms. The fraction of sp³-hybridized carbons (Fsp3) is 0.364. The van der Waals surface area contributed by atoms with Crippen molar-refractivity contribution in [3.8, 4) is 11.5 Å². The zero-order valence-corrected chi connectivity index (χ0v) is 16.2. The Morgan fingerprint density at radius 3 is 2.61 bits per heavy atom. The number of carbonyl (C=O) groups is 2. The highest BCUT2D eigenvalue weighted by Crippen LogP contribution is 2.30. The topological polar surface area (TPSA) is 76.1 Å². The van der Waals surface area contributed by atoms with Gasteiger partial charge in [0.05, 0.1) is 26.2 Å². The van der Waals surface area contributed by atoms with Crippen molar-refractivity contribution in [2.45, 2.75) is 25.2 Å². The van der Waals surface area contributed by atoms with Crippen molar-refractivity contribution in [3.63, 3.8) is 0 Å². The predicted molar refractivity (Wildman–Crippen MR) is 105 cm³/mol. The lowest BCUT2D eigenvalue weighted by atomic mass is 9.89. The van der Waals surface area contributed by atoms with E-state index in [1.54, 1.807) is 38.5 Å². The summed E-state index contributed by atoms with van der Waals surface area (Å²) in [5, 5.41) is 9.21. The van der Waals surface area contributed by atoms with E-state index < -0.39 is 5.97 Å². The number of methoxy groups -OCH3 is 2. The van der Waals surface area contributed by atoms with Crippen molar-refractivity contribution in [1.29, 1.82) is 0 Å². The van der Waals surface area contributed by atoms with Crippen LogP contribution in [-0.2, 0) is 11.2 Å². The molecule has 1 N–H and O–H groups in total. The molecule has 1 heterocycles. The minimum Gasteiger partial charge on any atom is -0.493 e. The van der Waals surface area contributed by atoms with Gasteiger partial charge in [-0.25, -0.2) is 4.79 Å². The smallest absolute Gasteiger partial charge is 0.335 e. The zero-order chi connectivity index (χ0) is 20.1. The second-order valence-corrected chi connectivity index (χ2v) is 6.98. The normalized spacial score (nSPS) is 16.5. The molecule has 2 aromatic carbocycles. The van der Waals surface area contributed by atoms with Crippen LogP contribution in [0.4, 0.5) is 0 Å². The summed E-state index contributed by atoms with van der Waals surface area (Å²) in [5.41, 5.74) is 2.13. The Morgan fingerprint density at radius 2 is 1.89 bits per heavy atom. The molecular formula is C22H25NO5. The van der Waals surface area contributed by atoms with Gasteiger partial charge in [-0.2, -0.15) is 0 Å². The third-order valence-corrected chi connectivity index (χ3v) is 5.18. The molecule has 1 saturated heterocycles. The number of rotatable bonds is 6. The quantitative estimate of drug-likeness (QED) is 0.828. The molecule has 6 nitrogen and oxygen atoms in total. The highest BCUT2D eigenvalue weighted by Gasteiger charge is 2.25. The Morgan fingerprint density at radius 1 is 1.11 bits per heavy atom. The fourth-order valence-corrected chi connectivity index (χ4v) is 3.68. The SMILES string of the molecule is COc1ccc(CC(=O)N2CCCC(c3cccc(C(=O)O)c3)C2)cc1OC. The first-order valence-electron chi connectivity index (χ1n) is 9.33. The van der Waals surface area contributed by atoms with Crippen molar-refractivity contribution >= 4 is 11.9 Å². The zero-order valence-electron chi connectivity index (χ0n) is 16.2. The van der Waals surface area contributed by atoms with Crippen LogP contribution in [0, 0.1) is 0 Å². The van der Waals surface area contributed by atoms with E-state index in [-0.39, 0.29) is 17.4 Å². The summed E-state index contributed by atoms with van der Waals surface area (Å²) >= 11 is 0. The number of hydrogen-bond acceptors (Lipinski definition) is 4. The van der Waals surface area contributed by atoms with Crippen molar-refractivity contribution in [2.75, 3.05) is 27.3 Å². The third kappa shape index (κ3) is 4.44. The molecule has 0 spiro atoms. The number of ether oxygens (including phenoxy) is 2. The number of aromatic carboxylic acids is 1. The standard InChI is InChI=1S/C22H25NO5/c1-27-19-9-8-15(11-20(19)28-2)12-21(24)23-10-4-7-18(14-23)16-5-3-6-17(13-16)22(25)26/h3,5-6,8-9,11,13,18H,4,7,10,12,14H2,1-2H3,(H,25,26). The minimum absolute atomic E-state index is 0.0614. The predicted octanol–water partition coefficient (Wildman–Crippen LogP) is 3.35. The Kier molecular flexibility index (Phi) is 6.19. The van der Waals surface area contributed by atoms with Crippen LogP contribution in [-0.4, -0.2) is 49.2 Å². The van der Waals surface area contributed by atoms with Crippen LogP contribution < -0.4 is 9.47 Å². The third-order valence-electron chi connectivity index (χ3n) is 5.18. The molecule has 0 aromatic heterocycles. The van der Waals surface area contributed by atoms with Crippen LogP contribution in [0.1, 0.15) is 40.2 Å². The van der Waals surface area contributed by atoms with E-state index in [2.05, 4.69) is 0 Å². The molecule has 0 saturated carbocycles. The van der Waals surface area contributed by atoms with Crippen LogP contribution in [0.5, 0.6) is 11.5 Å². The first-order chi connectivity index (χ1) is 13.5. The number of likely N-dealkylation sites (tertiary alicyclic amines) is 1. The van der Waals surface area contributed by atoms with Crippen LogP contribution in [0.2, 0.25) is 0 Å². The summed E-state index contributed by atoms with van der Waals surface area (Å²) in [6.45, 7) is 1.33. The van der Waals surface area contributed by atoms with Crippen molar-refractivity contribution in [2.24, 2.45) is 0 Å². The van der Waals surface area contributed by atoms with Crippen LogP contribution in [0.15, 0.2) is 42.5 Å². The monoisotopic (exact) mass is 383 g/mol. The van der Waals surface area contributed by atoms with E-state index >= 15 is 0 Å².